The summed E-state index contributed by atoms with van der Waals surface area (Å²) in [6.07, 6.45) is 0. The van der Waals surface area contributed by atoms with Crippen LogP contribution in [0.3, 0.4) is 0 Å². The van der Waals surface area contributed by atoms with Gasteiger partial charge in [-0.1, -0.05) is 0 Å². The summed E-state index contributed by atoms with van der Waals surface area (Å²) in [4.78, 5) is 13.4. The molecule has 0 aliphatic rings. The van der Waals surface area contributed by atoms with Crippen LogP contribution in [0.2, 0.25) is 0 Å². The molecule has 1 unspecified atom stereocenters. The van der Waals surface area contributed by atoms with Gasteiger partial charge in [-0.15, -0.1) is 11.3 Å². The lowest BCUT2D eigenvalue weighted by atomic mass is 10.2. The summed E-state index contributed by atoms with van der Waals surface area (Å²) in [5, 5.41) is 0. The Hall–Kier alpha value is -1.59. The van der Waals surface area contributed by atoms with Crippen LogP contribution in [-0.2, 0) is 4.74 Å². The summed E-state index contributed by atoms with van der Waals surface area (Å²) in [5.41, 5.74) is 6.05. The molecule has 0 fully saturated rings. The minimum Gasteiger partial charge on any atom is -0.463 e. The van der Waals surface area contributed by atoms with Crippen molar-refractivity contribution in [2.24, 2.45) is 5.73 Å². The van der Waals surface area contributed by atoms with Gasteiger partial charge >= 0.3 is 5.97 Å². The Balaban J connectivity index is 2.23. The average Bonchev–Trinajstić information content (AvgIpc) is 2.95. The molecule has 2 aromatic rings. The zero-order chi connectivity index (χ0) is 12.4. The van der Waals surface area contributed by atoms with Crippen LogP contribution in [0.25, 0.3) is 0 Å². The summed E-state index contributed by atoms with van der Waals surface area (Å²) >= 11 is 1.61. The van der Waals surface area contributed by atoms with Crippen molar-refractivity contribution in [1.29, 1.82) is 0 Å². The zero-order valence-electron chi connectivity index (χ0n) is 9.60. The van der Waals surface area contributed by atoms with Crippen LogP contribution in [0.5, 0.6) is 0 Å². The predicted octanol–water partition coefficient (Wildman–Crippen LogP) is 2.48. The summed E-state index contributed by atoms with van der Waals surface area (Å²) in [5.74, 6) is 0.240. The average molecular weight is 251 g/mol. The van der Waals surface area contributed by atoms with Gasteiger partial charge in [0.1, 0.15) is 5.76 Å². The number of furan rings is 1. The molecule has 2 aromatic heterocycles. The van der Waals surface area contributed by atoms with Crippen LogP contribution in [-0.4, -0.2) is 13.1 Å². The summed E-state index contributed by atoms with van der Waals surface area (Å²) in [7, 11) is 1.31. The molecule has 0 radical (unpaired) electrons. The number of aryl methyl sites for hydroxylation is 1. The summed E-state index contributed by atoms with van der Waals surface area (Å²) < 4.78 is 9.94. The largest absolute Gasteiger partial charge is 0.463 e. The van der Waals surface area contributed by atoms with Crippen LogP contribution in [0.15, 0.2) is 28.7 Å². The third-order valence-corrected chi connectivity index (χ3v) is 3.47. The quantitative estimate of drug-likeness (QED) is 0.851. The fourth-order valence-electron chi connectivity index (χ4n) is 1.49. The van der Waals surface area contributed by atoms with E-state index in [-0.39, 0.29) is 11.8 Å². The lowest BCUT2D eigenvalue weighted by Crippen LogP contribution is -2.09. The van der Waals surface area contributed by atoms with Crippen LogP contribution in [0, 0.1) is 6.92 Å². The van der Waals surface area contributed by atoms with Gasteiger partial charge in [0.25, 0.3) is 0 Å². The van der Waals surface area contributed by atoms with Crippen molar-refractivity contribution in [1.82, 2.24) is 0 Å². The van der Waals surface area contributed by atoms with E-state index in [4.69, 9.17) is 10.2 Å². The highest BCUT2D eigenvalue weighted by Gasteiger charge is 2.18. The molecule has 0 bridgehead atoms. The molecule has 0 amide bonds. The second-order valence-electron chi connectivity index (χ2n) is 3.62. The van der Waals surface area contributed by atoms with Crippen LogP contribution < -0.4 is 5.73 Å². The fourth-order valence-corrected chi connectivity index (χ4v) is 2.38. The van der Waals surface area contributed by atoms with Crippen LogP contribution in [0.4, 0.5) is 0 Å². The van der Waals surface area contributed by atoms with Gasteiger partial charge in [-0.3, -0.25) is 0 Å². The maximum atomic E-state index is 11.2. The molecule has 0 aromatic carbocycles. The maximum Gasteiger partial charge on any atom is 0.373 e. The fraction of sp³-hybridized carbons (Fsp3) is 0.250. The van der Waals surface area contributed by atoms with Gasteiger partial charge in [-0.05, 0) is 31.2 Å². The highest BCUT2D eigenvalue weighted by atomic mass is 32.1. The maximum absolute atomic E-state index is 11.2. The molecule has 0 aliphatic carbocycles. The van der Waals surface area contributed by atoms with Gasteiger partial charge in [0.05, 0.1) is 13.2 Å². The number of carbonyl (C=O) groups excluding carboxylic acids is 1. The molecule has 0 spiro atoms. The molecular formula is C12H13NO3S. The second-order valence-corrected chi connectivity index (χ2v) is 4.94. The highest BCUT2D eigenvalue weighted by Crippen LogP contribution is 2.27. The SMILES string of the molecule is COC(=O)c1ccc(C(N)c2ccc(C)s2)o1. The number of thiophene rings is 1. The lowest BCUT2D eigenvalue weighted by molar-refractivity contribution is 0.0563. The zero-order valence-corrected chi connectivity index (χ0v) is 10.4. The van der Waals surface area contributed by atoms with E-state index in [9.17, 15) is 4.79 Å². The van der Waals surface area contributed by atoms with Crippen molar-refractivity contribution < 1.29 is 13.9 Å². The first kappa shape index (κ1) is 11.9. The van der Waals surface area contributed by atoms with Crippen molar-refractivity contribution in [2.45, 2.75) is 13.0 Å². The van der Waals surface area contributed by atoms with E-state index in [1.54, 1.807) is 23.5 Å². The summed E-state index contributed by atoms with van der Waals surface area (Å²) in [6, 6.07) is 6.90. The smallest absolute Gasteiger partial charge is 0.373 e. The van der Waals surface area contributed by atoms with Gasteiger partial charge in [0.2, 0.25) is 5.76 Å². The van der Waals surface area contributed by atoms with Crippen molar-refractivity contribution in [3.8, 4) is 0 Å². The molecule has 90 valence electrons. The van der Waals surface area contributed by atoms with E-state index in [2.05, 4.69) is 4.74 Å². The Kier molecular flexibility index (Phi) is 3.31. The molecular weight excluding hydrogens is 238 g/mol. The number of ether oxygens (including phenoxy) is 1. The molecule has 4 nitrogen and oxygen atoms in total. The minimum absolute atomic E-state index is 0.172. The Morgan fingerprint density at radius 2 is 2.18 bits per heavy atom. The number of nitrogens with two attached hydrogens (primary N) is 1. The number of methoxy groups -OCH3 is 1. The molecule has 0 aliphatic heterocycles. The summed E-state index contributed by atoms with van der Waals surface area (Å²) in [6.45, 7) is 2.02. The molecule has 2 N–H and O–H groups in total. The Bertz CT molecular complexity index is 529. The molecule has 2 rings (SSSR count). The van der Waals surface area contributed by atoms with Gasteiger partial charge in [0.15, 0.2) is 0 Å². The van der Waals surface area contributed by atoms with Crippen molar-refractivity contribution in [2.75, 3.05) is 7.11 Å². The number of hydrogen-bond donors (Lipinski definition) is 1. The molecule has 2 heterocycles. The first-order valence-electron chi connectivity index (χ1n) is 5.12. The Morgan fingerprint density at radius 3 is 2.76 bits per heavy atom. The lowest BCUT2D eigenvalue weighted by Gasteiger charge is -2.05. The third-order valence-electron chi connectivity index (χ3n) is 2.39. The third kappa shape index (κ3) is 2.40. The van der Waals surface area contributed by atoms with Gasteiger partial charge in [0, 0.05) is 9.75 Å². The minimum atomic E-state index is -0.495. The van der Waals surface area contributed by atoms with Gasteiger partial charge in [-0.2, -0.15) is 0 Å². The number of esters is 1. The number of hydrogen-bond acceptors (Lipinski definition) is 5. The standard InChI is InChI=1S/C12H13NO3S/c1-7-3-6-10(17-7)11(13)8-4-5-9(16-8)12(14)15-2/h3-6,11H,13H2,1-2H3. The van der Waals surface area contributed by atoms with E-state index >= 15 is 0 Å². The monoisotopic (exact) mass is 251 g/mol. The van der Waals surface area contributed by atoms with E-state index in [0.717, 1.165) is 4.88 Å². The first-order chi connectivity index (χ1) is 8.11. The molecule has 1 atom stereocenters. The van der Waals surface area contributed by atoms with E-state index < -0.39 is 5.97 Å². The predicted molar refractivity (Wildman–Crippen MR) is 65.1 cm³/mol. The van der Waals surface area contributed by atoms with E-state index in [1.807, 2.05) is 19.1 Å². The van der Waals surface area contributed by atoms with Crippen molar-refractivity contribution >= 4 is 17.3 Å². The highest BCUT2D eigenvalue weighted by molar-refractivity contribution is 7.12. The number of rotatable bonds is 3. The molecule has 0 saturated heterocycles. The van der Waals surface area contributed by atoms with Crippen LogP contribution >= 0.6 is 11.3 Å². The Labute approximate surface area is 103 Å². The topological polar surface area (TPSA) is 65.5 Å². The van der Waals surface area contributed by atoms with Gasteiger partial charge < -0.3 is 14.9 Å². The second kappa shape index (κ2) is 4.73. The van der Waals surface area contributed by atoms with Crippen molar-refractivity contribution in [3.63, 3.8) is 0 Å². The first-order valence-corrected chi connectivity index (χ1v) is 5.93. The molecule has 5 heteroatoms. The van der Waals surface area contributed by atoms with E-state index in [0.29, 0.717) is 5.76 Å². The molecule has 0 saturated carbocycles. The Morgan fingerprint density at radius 1 is 1.41 bits per heavy atom. The number of carbonyl (C=O) groups is 1. The van der Waals surface area contributed by atoms with Gasteiger partial charge in [-0.25, -0.2) is 4.79 Å². The van der Waals surface area contributed by atoms with Crippen LogP contribution in [0.1, 0.15) is 32.1 Å². The molecule has 17 heavy (non-hydrogen) atoms. The normalized spacial score (nSPS) is 12.4. The van der Waals surface area contributed by atoms with E-state index in [1.165, 1.54) is 12.0 Å². The van der Waals surface area contributed by atoms with Crippen molar-refractivity contribution in [3.05, 3.63) is 45.5 Å².